The summed E-state index contributed by atoms with van der Waals surface area (Å²) in [5.74, 6) is 0.781. The maximum atomic E-state index is 6.01. The maximum Gasteiger partial charge on any atom is 0.0656 e. The van der Waals surface area contributed by atoms with E-state index in [9.17, 15) is 0 Å². The normalized spacial score (nSPS) is 21.9. The number of nitrogens with two attached hydrogens (primary N) is 1. The molecule has 1 aromatic rings. The van der Waals surface area contributed by atoms with Gasteiger partial charge < -0.3 is 11.1 Å². The molecule has 3 heteroatoms. The Morgan fingerprint density at radius 2 is 2.12 bits per heavy atom. The van der Waals surface area contributed by atoms with Gasteiger partial charge in [0.25, 0.3) is 0 Å². The smallest absolute Gasteiger partial charge is 0.0656 e. The summed E-state index contributed by atoms with van der Waals surface area (Å²) in [6, 6.07) is 3.84. The van der Waals surface area contributed by atoms with E-state index in [4.69, 9.17) is 17.3 Å². The number of nitrogens with one attached hydrogen (secondary N) is 1. The molecule has 1 aliphatic carbocycles. The third kappa shape index (κ3) is 2.27. The standard InChI is InChI=1S/C13H19ClN2/c1-8-4-11(15)10(14)5-12(8)16-7-9-6-13(9,2)3/h4-5,9,16H,6-7,15H2,1-3H3. The van der Waals surface area contributed by atoms with Crippen LogP contribution in [0.3, 0.4) is 0 Å². The Kier molecular flexibility index (Phi) is 2.79. The van der Waals surface area contributed by atoms with E-state index in [1.54, 1.807) is 0 Å². The minimum Gasteiger partial charge on any atom is -0.398 e. The lowest BCUT2D eigenvalue weighted by Gasteiger charge is -2.12. The first-order valence-electron chi connectivity index (χ1n) is 5.69. The molecule has 1 fully saturated rings. The summed E-state index contributed by atoms with van der Waals surface area (Å²) in [6.45, 7) is 7.69. The van der Waals surface area contributed by atoms with Crippen LogP contribution < -0.4 is 11.1 Å². The van der Waals surface area contributed by atoms with Crippen LogP contribution in [0.2, 0.25) is 5.02 Å². The highest BCUT2D eigenvalue weighted by molar-refractivity contribution is 6.33. The molecular weight excluding hydrogens is 220 g/mol. The molecule has 0 spiro atoms. The zero-order valence-corrected chi connectivity index (χ0v) is 10.9. The first kappa shape index (κ1) is 11.6. The van der Waals surface area contributed by atoms with Crippen molar-refractivity contribution in [3.8, 4) is 0 Å². The van der Waals surface area contributed by atoms with Gasteiger partial charge in [-0.05, 0) is 42.4 Å². The van der Waals surface area contributed by atoms with E-state index in [0.29, 0.717) is 16.1 Å². The fourth-order valence-electron chi connectivity index (χ4n) is 2.05. The molecule has 16 heavy (non-hydrogen) atoms. The first-order chi connectivity index (χ1) is 7.40. The molecule has 88 valence electrons. The molecule has 1 aliphatic rings. The van der Waals surface area contributed by atoms with E-state index in [1.165, 1.54) is 6.42 Å². The number of benzene rings is 1. The lowest BCUT2D eigenvalue weighted by molar-refractivity contribution is 0.573. The van der Waals surface area contributed by atoms with Gasteiger partial charge in [0.1, 0.15) is 0 Å². The van der Waals surface area contributed by atoms with Crippen LogP contribution in [0.15, 0.2) is 12.1 Å². The molecule has 0 aliphatic heterocycles. The van der Waals surface area contributed by atoms with Crippen molar-refractivity contribution >= 4 is 23.0 Å². The predicted octanol–water partition coefficient (Wildman–Crippen LogP) is 3.69. The third-order valence-electron chi connectivity index (χ3n) is 3.60. The number of aryl methyl sites for hydroxylation is 1. The lowest BCUT2D eigenvalue weighted by atomic mass is 10.1. The van der Waals surface area contributed by atoms with Gasteiger partial charge in [0.05, 0.1) is 10.7 Å². The Labute approximate surface area is 102 Å². The monoisotopic (exact) mass is 238 g/mol. The highest BCUT2D eigenvalue weighted by atomic mass is 35.5. The summed E-state index contributed by atoms with van der Waals surface area (Å²) in [5.41, 5.74) is 9.16. The van der Waals surface area contributed by atoms with Crippen LogP contribution in [0.5, 0.6) is 0 Å². The third-order valence-corrected chi connectivity index (χ3v) is 3.93. The van der Waals surface area contributed by atoms with E-state index < -0.39 is 0 Å². The van der Waals surface area contributed by atoms with Crippen molar-refractivity contribution in [1.82, 2.24) is 0 Å². The predicted molar refractivity (Wildman–Crippen MR) is 71.0 cm³/mol. The SMILES string of the molecule is Cc1cc(N)c(Cl)cc1NCC1CC1(C)C. The first-order valence-corrected chi connectivity index (χ1v) is 6.07. The molecule has 0 radical (unpaired) electrons. The van der Waals surface area contributed by atoms with Crippen LogP contribution in [0.4, 0.5) is 11.4 Å². The van der Waals surface area contributed by atoms with Gasteiger partial charge in [-0.1, -0.05) is 25.4 Å². The van der Waals surface area contributed by atoms with E-state index in [2.05, 4.69) is 19.2 Å². The molecule has 0 amide bonds. The Morgan fingerprint density at radius 3 is 2.69 bits per heavy atom. The van der Waals surface area contributed by atoms with Crippen molar-refractivity contribution in [3.05, 3.63) is 22.7 Å². The maximum absolute atomic E-state index is 6.01. The zero-order valence-electron chi connectivity index (χ0n) is 10.1. The summed E-state index contributed by atoms with van der Waals surface area (Å²) >= 11 is 6.01. The summed E-state index contributed by atoms with van der Waals surface area (Å²) in [7, 11) is 0. The Balaban J connectivity index is 2.02. The van der Waals surface area contributed by atoms with Crippen LogP contribution in [-0.4, -0.2) is 6.54 Å². The van der Waals surface area contributed by atoms with Crippen LogP contribution in [0, 0.1) is 18.3 Å². The molecule has 0 saturated heterocycles. The van der Waals surface area contributed by atoms with E-state index >= 15 is 0 Å². The molecule has 3 N–H and O–H groups in total. The second-order valence-electron chi connectivity index (χ2n) is 5.46. The van der Waals surface area contributed by atoms with Crippen molar-refractivity contribution in [2.45, 2.75) is 27.2 Å². The van der Waals surface area contributed by atoms with Crippen molar-refractivity contribution < 1.29 is 0 Å². The average Bonchev–Trinajstić information content (AvgIpc) is 2.78. The number of hydrogen-bond acceptors (Lipinski definition) is 2. The summed E-state index contributed by atoms with van der Waals surface area (Å²) in [5, 5.41) is 4.09. The van der Waals surface area contributed by atoms with Gasteiger partial charge in [-0.3, -0.25) is 0 Å². The fourth-order valence-corrected chi connectivity index (χ4v) is 2.22. The quantitative estimate of drug-likeness (QED) is 0.789. The molecule has 1 saturated carbocycles. The van der Waals surface area contributed by atoms with Crippen LogP contribution in [0.1, 0.15) is 25.8 Å². The zero-order chi connectivity index (χ0) is 11.9. The number of hydrogen-bond donors (Lipinski definition) is 2. The molecule has 1 aromatic carbocycles. The second-order valence-corrected chi connectivity index (χ2v) is 5.87. The Bertz CT molecular complexity index is 413. The molecule has 0 aromatic heterocycles. The van der Waals surface area contributed by atoms with Crippen LogP contribution >= 0.6 is 11.6 Å². The van der Waals surface area contributed by atoms with Crippen molar-refractivity contribution in [2.75, 3.05) is 17.6 Å². The van der Waals surface area contributed by atoms with E-state index in [0.717, 1.165) is 23.7 Å². The summed E-state index contributed by atoms with van der Waals surface area (Å²) in [4.78, 5) is 0. The molecule has 0 heterocycles. The van der Waals surface area contributed by atoms with Crippen LogP contribution in [-0.2, 0) is 0 Å². The fraction of sp³-hybridized carbons (Fsp3) is 0.538. The van der Waals surface area contributed by atoms with E-state index in [1.807, 2.05) is 19.1 Å². The highest BCUT2D eigenvalue weighted by Crippen LogP contribution is 2.51. The molecule has 0 bridgehead atoms. The largest absolute Gasteiger partial charge is 0.398 e. The molecular formula is C13H19ClN2. The molecule has 2 rings (SSSR count). The van der Waals surface area contributed by atoms with Gasteiger partial charge in [0.15, 0.2) is 0 Å². The van der Waals surface area contributed by atoms with Crippen molar-refractivity contribution in [2.24, 2.45) is 11.3 Å². The molecule has 1 unspecified atom stereocenters. The number of halogens is 1. The number of nitrogen functional groups attached to an aromatic ring is 1. The van der Waals surface area contributed by atoms with Crippen molar-refractivity contribution in [3.63, 3.8) is 0 Å². The van der Waals surface area contributed by atoms with Gasteiger partial charge in [-0.2, -0.15) is 0 Å². The number of anilines is 2. The topological polar surface area (TPSA) is 38.0 Å². The summed E-state index contributed by atoms with van der Waals surface area (Å²) < 4.78 is 0. The average molecular weight is 239 g/mol. The Hall–Kier alpha value is -0.890. The van der Waals surface area contributed by atoms with Crippen LogP contribution in [0.25, 0.3) is 0 Å². The lowest BCUT2D eigenvalue weighted by Crippen LogP contribution is -2.08. The molecule has 1 atom stereocenters. The van der Waals surface area contributed by atoms with Gasteiger partial charge in [0, 0.05) is 12.2 Å². The summed E-state index contributed by atoms with van der Waals surface area (Å²) in [6.07, 6.45) is 1.31. The second kappa shape index (κ2) is 3.85. The highest BCUT2D eigenvalue weighted by Gasteiger charge is 2.44. The minimum absolute atomic E-state index is 0.512. The number of rotatable bonds is 3. The van der Waals surface area contributed by atoms with Gasteiger partial charge >= 0.3 is 0 Å². The van der Waals surface area contributed by atoms with Gasteiger partial charge in [0.2, 0.25) is 0 Å². The minimum atomic E-state index is 0.512. The van der Waals surface area contributed by atoms with Crippen molar-refractivity contribution in [1.29, 1.82) is 0 Å². The Morgan fingerprint density at radius 1 is 1.50 bits per heavy atom. The molecule has 2 nitrogen and oxygen atoms in total. The van der Waals surface area contributed by atoms with E-state index in [-0.39, 0.29) is 0 Å². The van der Waals surface area contributed by atoms with Gasteiger partial charge in [-0.15, -0.1) is 0 Å². The van der Waals surface area contributed by atoms with Gasteiger partial charge in [-0.25, -0.2) is 0 Å².